The number of rotatable bonds is 4. The molecule has 0 amide bonds. The first-order chi connectivity index (χ1) is 10.2. The lowest BCUT2D eigenvalue weighted by atomic mass is 10.1. The number of nitrogens with zero attached hydrogens (tertiary/aromatic N) is 3. The first kappa shape index (κ1) is 14.1. The third-order valence-corrected chi connectivity index (χ3v) is 4.18. The van der Waals surface area contributed by atoms with E-state index in [4.69, 9.17) is 0 Å². The van der Waals surface area contributed by atoms with Crippen LogP contribution in [0.5, 0.6) is 0 Å². The molecule has 1 unspecified atom stereocenters. The van der Waals surface area contributed by atoms with Crippen LogP contribution in [0.4, 0.5) is 0 Å². The van der Waals surface area contributed by atoms with Crippen molar-refractivity contribution in [3.63, 3.8) is 0 Å². The lowest BCUT2D eigenvalue weighted by Gasteiger charge is -2.16. The molecule has 1 fully saturated rings. The summed E-state index contributed by atoms with van der Waals surface area (Å²) in [7, 11) is 2.09. The molecule has 0 bridgehead atoms. The molecule has 2 heterocycles. The van der Waals surface area contributed by atoms with Crippen molar-refractivity contribution in [1.82, 2.24) is 14.5 Å². The van der Waals surface area contributed by atoms with Crippen LogP contribution in [0, 0.1) is 0 Å². The molecule has 1 atom stereocenters. The second-order valence-electron chi connectivity index (χ2n) is 6.02. The predicted octanol–water partition coefficient (Wildman–Crippen LogP) is 3.31. The van der Waals surface area contributed by atoms with Crippen LogP contribution in [0.3, 0.4) is 0 Å². The fourth-order valence-corrected chi connectivity index (χ4v) is 3.19. The molecule has 1 aliphatic heterocycles. The highest BCUT2D eigenvalue weighted by molar-refractivity contribution is 5.52. The van der Waals surface area contributed by atoms with Gasteiger partial charge in [0.05, 0.1) is 0 Å². The van der Waals surface area contributed by atoms with Gasteiger partial charge in [0, 0.05) is 38.4 Å². The number of hydrogen-bond acceptors (Lipinski definition) is 2. The van der Waals surface area contributed by atoms with E-state index in [2.05, 4.69) is 64.8 Å². The van der Waals surface area contributed by atoms with Gasteiger partial charge in [0.25, 0.3) is 0 Å². The van der Waals surface area contributed by atoms with E-state index in [0.29, 0.717) is 5.92 Å². The van der Waals surface area contributed by atoms with Crippen molar-refractivity contribution in [2.75, 3.05) is 19.6 Å². The van der Waals surface area contributed by atoms with Crippen molar-refractivity contribution in [3.8, 4) is 0 Å². The van der Waals surface area contributed by atoms with E-state index in [-0.39, 0.29) is 0 Å². The van der Waals surface area contributed by atoms with Crippen molar-refractivity contribution in [1.29, 1.82) is 0 Å². The number of aromatic nitrogens is 2. The van der Waals surface area contributed by atoms with Crippen LogP contribution in [-0.4, -0.2) is 34.1 Å². The molecular weight excluding hydrogens is 258 g/mol. The molecule has 0 saturated carbocycles. The van der Waals surface area contributed by atoms with Crippen LogP contribution in [-0.2, 0) is 7.05 Å². The van der Waals surface area contributed by atoms with Gasteiger partial charge in [-0.05, 0) is 25.5 Å². The molecule has 110 valence electrons. The number of hydrogen-bond donors (Lipinski definition) is 0. The summed E-state index contributed by atoms with van der Waals surface area (Å²) in [5.41, 5.74) is 2.71. The van der Waals surface area contributed by atoms with Crippen molar-refractivity contribution in [2.24, 2.45) is 7.05 Å². The normalized spacial score (nSPS) is 20.1. The molecule has 3 heteroatoms. The summed E-state index contributed by atoms with van der Waals surface area (Å²) >= 11 is 0. The first-order valence-corrected chi connectivity index (χ1v) is 7.64. The number of imidazole rings is 1. The molecule has 1 aliphatic rings. The van der Waals surface area contributed by atoms with Gasteiger partial charge in [-0.3, -0.25) is 4.90 Å². The van der Waals surface area contributed by atoms with Gasteiger partial charge in [0.1, 0.15) is 5.82 Å². The average Bonchev–Trinajstić information content (AvgIpc) is 3.08. The van der Waals surface area contributed by atoms with Gasteiger partial charge in [0.15, 0.2) is 0 Å². The van der Waals surface area contributed by atoms with E-state index in [1.807, 2.05) is 12.4 Å². The molecule has 1 aromatic heterocycles. The molecule has 21 heavy (non-hydrogen) atoms. The van der Waals surface area contributed by atoms with E-state index in [9.17, 15) is 0 Å². The quantitative estimate of drug-likeness (QED) is 0.857. The van der Waals surface area contributed by atoms with Crippen LogP contribution in [0.25, 0.3) is 6.08 Å². The summed E-state index contributed by atoms with van der Waals surface area (Å²) in [5.74, 6) is 1.80. The largest absolute Gasteiger partial charge is 0.338 e. The van der Waals surface area contributed by atoms with Crippen LogP contribution >= 0.6 is 0 Å². The standard InChI is InChI=1S/C18H23N3/c1-15(12-16-6-4-3-5-7-16)13-21-10-8-17(14-21)18-19-9-11-20(18)2/h3-7,9,11-12,17H,8,10,13-14H2,1-2H3. The zero-order valence-electron chi connectivity index (χ0n) is 12.9. The third-order valence-electron chi connectivity index (χ3n) is 4.18. The molecule has 1 aromatic carbocycles. The van der Waals surface area contributed by atoms with Crippen LogP contribution in [0.2, 0.25) is 0 Å². The maximum atomic E-state index is 4.50. The van der Waals surface area contributed by atoms with Gasteiger partial charge < -0.3 is 4.57 Å². The average molecular weight is 281 g/mol. The van der Waals surface area contributed by atoms with Crippen LogP contribution in [0.1, 0.15) is 30.7 Å². The minimum atomic E-state index is 0.578. The number of aryl methyl sites for hydroxylation is 1. The Bertz CT molecular complexity index is 612. The fraction of sp³-hybridized carbons (Fsp3) is 0.389. The summed E-state index contributed by atoms with van der Waals surface area (Å²) in [4.78, 5) is 7.04. The number of benzene rings is 1. The summed E-state index contributed by atoms with van der Waals surface area (Å²) in [6.45, 7) is 5.55. The number of likely N-dealkylation sites (tertiary alicyclic amines) is 1. The maximum Gasteiger partial charge on any atom is 0.112 e. The molecule has 3 nitrogen and oxygen atoms in total. The smallest absolute Gasteiger partial charge is 0.112 e. The molecule has 2 aromatic rings. The second kappa shape index (κ2) is 6.27. The molecule has 0 radical (unpaired) electrons. The molecular formula is C18H23N3. The monoisotopic (exact) mass is 281 g/mol. The Labute approximate surface area is 126 Å². The van der Waals surface area contributed by atoms with Gasteiger partial charge in [0.2, 0.25) is 0 Å². The Hall–Kier alpha value is -1.87. The second-order valence-corrected chi connectivity index (χ2v) is 6.02. The van der Waals surface area contributed by atoms with Gasteiger partial charge in [-0.15, -0.1) is 0 Å². The van der Waals surface area contributed by atoms with Gasteiger partial charge in [-0.25, -0.2) is 4.98 Å². The Morgan fingerprint density at radius 3 is 2.86 bits per heavy atom. The van der Waals surface area contributed by atoms with E-state index >= 15 is 0 Å². The van der Waals surface area contributed by atoms with E-state index < -0.39 is 0 Å². The summed E-state index contributed by atoms with van der Waals surface area (Å²) in [5, 5.41) is 0. The Morgan fingerprint density at radius 2 is 2.14 bits per heavy atom. The van der Waals surface area contributed by atoms with Crippen molar-refractivity contribution in [2.45, 2.75) is 19.3 Å². The molecule has 1 saturated heterocycles. The lowest BCUT2D eigenvalue weighted by molar-refractivity contribution is 0.362. The summed E-state index contributed by atoms with van der Waals surface area (Å²) in [6.07, 6.45) is 7.44. The van der Waals surface area contributed by atoms with E-state index in [1.54, 1.807) is 0 Å². The molecule has 3 rings (SSSR count). The Kier molecular flexibility index (Phi) is 4.20. The predicted molar refractivity (Wildman–Crippen MR) is 87.1 cm³/mol. The topological polar surface area (TPSA) is 21.1 Å². The minimum Gasteiger partial charge on any atom is -0.338 e. The van der Waals surface area contributed by atoms with E-state index in [0.717, 1.165) is 19.6 Å². The van der Waals surface area contributed by atoms with E-state index in [1.165, 1.54) is 23.4 Å². The fourth-order valence-electron chi connectivity index (χ4n) is 3.19. The zero-order valence-corrected chi connectivity index (χ0v) is 12.9. The third kappa shape index (κ3) is 3.42. The Balaban J connectivity index is 1.60. The highest BCUT2D eigenvalue weighted by Crippen LogP contribution is 2.26. The Morgan fingerprint density at radius 1 is 1.33 bits per heavy atom. The lowest BCUT2D eigenvalue weighted by Crippen LogP contribution is -2.22. The van der Waals surface area contributed by atoms with Crippen LogP contribution in [0.15, 0.2) is 48.3 Å². The SMILES string of the molecule is CC(=Cc1ccccc1)CN1CCC(c2nccn2C)C1. The highest BCUT2D eigenvalue weighted by atomic mass is 15.2. The summed E-state index contributed by atoms with van der Waals surface area (Å²) < 4.78 is 2.15. The van der Waals surface area contributed by atoms with Gasteiger partial charge >= 0.3 is 0 Å². The molecule has 0 spiro atoms. The van der Waals surface area contributed by atoms with Gasteiger partial charge in [-0.2, -0.15) is 0 Å². The van der Waals surface area contributed by atoms with Crippen LogP contribution < -0.4 is 0 Å². The first-order valence-electron chi connectivity index (χ1n) is 7.64. The van der Waals surface area contributed by atoms with Crippen molar-refractivity contribution in [3.05, 3.63) is 59.7 Å². The highest BCUT2D eigenvalue weighted by Gasteiger charge is 2.26. The zero-order chi connectivity index (χ0) is 14.7. The minimum absolute atomic E-state index is 0.578. The maximum absolute atomic E-state index is 4.50. The molecule has 0 aliphatic carbocycles. The van der Waals surface area contributed by atoms with Gasteiger partial charge in [-0.1, -0.05) is 42.0 Å². The molecule has 0 N–H and O–H groups in total. The van der Waals surface area contributed by atoms with Crippen molar-refractivity contribution < 1.29 is 0 Å². The van der Waals surface area contributed by atoms with Crippen molar-refractivity contribution >= 4 is 6.08 Å². The summed E-state index contributed by atoms with van der Waals surface area (Å²) in [6, 6.07) is 10.6.